The molecule has 0 radical (unpaired) electrons. The standard InChI is InChI=1S/C9H9F2N3O/c10-8-4-9(11,15)2-1-6(8)3-7-5-12-14-13-7/h1-2,5,15H,3-4H2,(H,12,13,14). The number of hydrogen-bond donors (Lipinski definition) is 2. The van der Waals surface area contributed by atoms with Gasteiger partial charge in [0.25, 0.3) is 0 Å². The van der Waals surface area contributed by atoms with Crippen molar-refractivity contribution >= 4 is 0 Å². The second kappa shape index (κ2) is 3.54. The van der Waals surface area contributed by atoms with Gasteiger partial charge in [0, 0.05) is 6.42 Å². The molecule has 2 rings (SSSR count). The molecule has 0 aromatic carbocycles. The van der Waals surface area contributed by atoms with E-state index in [-0.39, 0.29) is 6.42 Å². The minimum absolute atomic E-state index is 0.231. The summed E-state index contributed by atoms with van der Waals surface area (Å²) in [5.74, 6) is -3.23. The molecule has 6 heteroatoms. The molecule has 80 valence electrons. The van der Waals surface area contributed by atoms with E-state index in [0.717, 1.165) is 6.08 Å². The maximum absolute atomic E-state index is 13.3. The molecule has 0 saturated heterocycles. The van der Waals surface area contributed by atoms with E-state index in [1.165, 1.54) is 12.3 Å². The van der Waals surface area contributed by atoms with Gasteiger partial charge in [-0.25, -0.2) is 8.78 Å². The summed E-state index contributed by atoms with van der Waals surface area (Å²) in [4.78, 5) is 0. The molecule has 0 aliphatic heterocycles. The van der Waals surface area contributed by atoms with E-state index in [1.54, 1.807) is 0 Å². The third-order valence-corrected chi connectivity index (χ3v) is 2.13. The van der Waals surface area contributed by atoms with E-state index in [0.29, 0.717) is 11.3 Å². The highest BCUT2D eigenvalue weighted by atomic mass is 19.2. The third kappa shape index (κ3) is 2.27. The number of alkyl halides is 1. The van der Waals surface area contributed by atoms with Crippen LogP contribution >= 0.6 is 0 Å². The summed E-state index contributed by atoms with van der Waals surface area (Å²) in [6, 6.07) is 0. The second-order valence-electron chi connectivity index (χ2n) is 3.40. The lowest BCUT2D eigenvalue weighted by atomic mass is 9.99. The van der Waals surface area contributed by atoms with Gasteiger partial charge in [0.05, 0.1) is 18.3 Å². The third-order valence-electron chi connectivity index (χ3n) is 2.13. The van der Waals surface area contributed by atoms with Crippen molar-refractivity contribution in [3.63, 3.8) is 0 Å². The van der Waals surface area contributed by atoms with Gasteiger partial charge in [-0.15, -0.1) is 0 Å². The van der Waals surface area contributed by atoms with Crippen molar-refractivity contribution < 1.29 is 13.9 Å². The lowest BCUT2D eigenvalue weighted by molar-refractivity contribution is -0.0454. The number of allylic oxidation sites excluding steroid dienone is 2. The molecule has 1 heterocycles. The molecule has 0 spiro atoms. The molecule has 1 unspecified atom stereocenters. The Morgan fingerprint density at radius 3 is 3.00 bits per heavy atom. The predicted molar refractivity (Wildman–Crippen MR) is 48.0 cm³/mol. The van der Waals surface area contributed by atoms with Crippen molar-refractivity contribution in [3.05, 3.63) is 35.4 Å². The average Bonchev–Trinajstić information content (AvgIpc) is 2.61. The number of rotatable bonds is 2. The van der Waals surface area contributed by atoms with Crippen LogP contribution in [0, 0.1) is 0 Å². The minimum atomic E-state index is -2.57. The van der Waals surface area contributed by atoms with Crippen molar-refractivity contribution in [1.29, 1.82) is 0 Å². The van der Waals surface area contributed by atoms with Gasteiger partial charge in [0.15, 0.2) is 0 Å². The molecule has 4 nitrogen and oxygen atoms in total. The Labute approximate surface area is 84.3 Å². The number of nitrogens with zero attached hydrogens (tertiary/aromatic N) is 2. The largest absolute Gasteiger partial charge is 0.358 e. The topological polar surface area (TPSA) is 61.8 Å². The first-order valence-electron chi connectivity index (χ1n) is 4.39. The highest BCUT2D eigenvalue weighted by molar-refractivity contribution is 5.32. The second-order valence-corrected chi connectivity index (χ2v) is 3.40. The zero-order chi connectivity index (χ0) is 10.9. The number of nitrogens with one attached hydrogen (secondary N) is 1. The summed E-state index contributed by atoms with van der Waals surface area (Å²) in [6.07, 6.45) is 3.22. The van der Waals surface area contributed by atoms with Crippen molar-refractivity contribution in [2.24, 2.45) is 0 Å². The van der Waals surface area contributed by atoms with Crippen molar-refractivity contribution in [1.82, 2.24) is 15.4 Å². The summed E-state index contributed by atoms with van der Waals surface area (Å²) in [5.41, 5.74) is 0.875. The number of aliphatic hydroxyl groups is 1. The Morgan fingerprint density at radius 1 is 1.60 bits per heavy atom. The van der Waals surface area contributed by atoms with Gasteiger partial charge in [-0.1, -0.05) is 6.08 Å². The van der Waals surface area contributed by atoms with Gasteiger partial charge >= 0.3 is 0 Å². The SMILES string of the molecule is OC1(F)C=CC(Cc2cn[nH]n2)=C(F)C1. The Bertz CT molecular complexity index is 409. The monoisotopic (exact) mass is 213 g/mol. The van der Waals surface area contributed by atoms with Crippen LogP contribution in [0.3, 0.4) is 0 Å². The average molecular weight is 213 g/mol. The molecule has 1 aliphatic carbocycles. The van der Waals surface area contributed by atoms with E-state index in [9.17, 15) is 8.78 Å². The van der Waals surface area contributed by atoms with E-state index in [2.05, 4.69) is 15.4 Å². The number of hydrogen-bond acceptors (Lipinski definition) is 3. The molecular formula is C9H9F2N3O. The summed E-state index contributed by atoms with van der Waals surface area (Å²) < 4.78 is 26.2. The van der Waals surface area contributed by atoms with Crippen molar-refractivity contribution in [3.8, 4) is 0 Å². The van der Waals surface area contributed by atoms with Gasteiger partial charge in [0.2, 0.25) is 5.85 Å². The lowest BCUT2D eigenvalue weighted by Crippen LogP contribution is -2.22. The summed E-state index contributed by atoms with van der Waals surface area (Å²) >= 11 is 0. The molecule has 0 bridgehead atoms. The fourth-order valence-electron chi connectivity index (χ4n) is 1.37. The molecule has 15 heavy (non-hydrogen) atoms. The molecule has 2 N–H and O–H groups in total. The minimum Gasteiger partial charge on any atom is -0.358 e. The van der Waals surface area contributed by atoms with Crippen LogP contribution in [-0.2, 0) is 6.42 Å². The normalized spacial score (nSPS) is 26.1. The Hall–Kier alpha value is -1.56. The van der Waals surface area contributed by atoms with Crippen LogP contribution in [0.2, 0.25) is 0 Å². The first-order valence-corrected chi connectivity index (χ1v) is 4.39. The predicted octanol–water partition coefficient (Wildman–Crippen LogP) is 1.19. The van der Waals surface area contributed by atoms with Crippen LogP contribution in [0.15, 0.2) is 29.7 Å². The Kier molecular flexibility index (Phi) is 2.36. The number of halogens is 2. The number of H-pyrrole nitrogens is 1. The van der Waals surface area contributed by atoms with Gasteiger partial charge < -0.3 is 5.11 Å². The maximum atomic E-state index is 13.3. The van der Waals surface area contributed by atoms with Crippen LogP contribution in [0.1, 0.15) is 12.1 Å². The van der Waals surface area contributed by atoms with Gasteiger partial charge in [-0.2, -0.15) is 15.4 Å². The van der Waals surface area contributed by atoms with Gasteiger partial charge in [-0.05, 0) is 11.6 Å². The quantitative estimate of drug-likeness (QED) is 0.775. The molecule has 1 aromatic heterocycles. The van der Waals surface area contributed by atoms with E-state index in [4.69, 9.17) is 5.11 Å². The zero-order valence-corrected chi connectivity index (χ0v) is 7.74. The number of aromatic nitrogens is 3. The van der Waals surface area contributed by atoms with Crippen LogP contribution in [0.5, 0.6) is 0 Å². The first kappa shape index (κ1) is 9.97. The Balaban J connectivity index is 2.15. The maximum Gasteiger partial charge on any atom is 0.232 e. The smallest absolute Gasteiger partial charge is 0.232 e. The highest BCUT2D eigenvalue weighted by Gasteiger charge is 2.29. The van der Waals surface area contributed by atoms with Crippen LogP contribution in [0.4, 0.5) is 8.78 Å². The van der Waals surface area contributed by atoms with Crippen molar-refractivity contribution in [2.75, 3.05) is 0 Å². The molecule has 1 aliphatic rings. The first-order chi connectivity index (χ1) is 7.07. The van der Waals surface area contributed by atoms with Crippen LogP contribution in [0.25, 0.3) is 0 Å². The van der Waals surface area contributed by atoms with E-state index < -0.39 is 18.1 Å². The fraction of sp³-hybridized carbons (Fsp3) is 0.333. The Morgan fingerprint density at radius 2 is 2.40 bits per heavy atom. The zero-order valence-electron chi connectivity index (χ0n) is 7.74. The molecule has 0 amide bonds. The van der Waals surface area contributed by atoms with Gasteiger partial charge in [0.1, 0.15) is 5.83 Å². The van der Waals surface area contributed by atoms with Crippen LogP contribution in [-0.4, -0.2) is 26.4 Å². The van der Waals surface area contributed by atoms with E-state index >= 15 is 0 Å². The van der Waals surface area contributed by atoms with Crippen molar-refractivity contribution in [2.45, 2.75) is 18.7 Å². The molecular weight excluding hydrogens is 204 g/mol. The van der Waals surface area contributed by atoms with Crippen LogP contribution < -0.4 is 0 Å². The summed E-state index contributed by atoms with van der Waals surface area (Å²) in [5, 5.41) is 18.7. The molecule has 0 fully saturated rings. The molecule has 1 atom stereocenters. The summed E-state index contributed by atoms with van der Waals surface area (Å²) in [7, 11) is 0. The van der Waals surface area contributed by atoms with Gasteiger partial charge in [-0.3, -0.25) is 0 Å². The van der Waals surface area contributed by atoms with E-state index in [1.807, 2.05) is 0 Å². The lowest BCUT2D eigenvalue weighted by Gasteiger charge is -2.18. The molecule has 0 saturated carbocycles. The number of aromatic amines is 1. The fourth-order valence-corrected chi connectivity index (χ4v) is 1.37. The highest BCUT2D eigenvalue weighted by Crippen LogP contribution is 2.30. The molecule has 1 aromatic rings. The summed E-state index contributed by atoms with van der Waals surface area (Å²) in [6.45, 7) is 0.